The molecule has 0 aliphatic carbocycles. The molecule has 1 aromatic carbocycles. The van der Waals surface area contributed by atoms with Crippen LogP contribution in [0.1, 0.15) is 12.0 Å². The molecule has 21 heavy (non-hydrogen) atoms. The zero-order valence-corrected chi connectivity index (χ0v) is 11.6. The highest BCUT2D eigenvalue weighted by Crippen LogP contribution is 2.12. The molecule has 0 spiro atoms. The smallest absolute Gasteiger partial charge is 0.252 e. The summed E-state index contributed by atoms with van der Waals surface area (Å²) in [5, 5.41) is 11.7. The van der Waals surface area contributed by atoms with Gasteiger partial charge in [-0.1, -0.05) is 12.1 Å². The van der Waals surface area contributed by atoms with Gasteiger partial charge in [0.05, 0.1) is 12.5 Å². The predicted molar refractivity (Wildman–Crippen MR) is 74.1 cm³/mol. The number of carbonyl (C=O) groups excluding carboxylic acids is 3. The van der Waals surface area contributed by atoms with Crippen LogP contribution in [0.2, 0.25) is 0 Å². The third-order valence-corrected chi connectivity index (χ3v) is 3.43. The lowest BCUT2D eigenvalue weighted by atomic mass is 10.1. The zero-order chi connectivity index (χ0) is 15.6. The predicted octanol–water partition coefficient (Wildman–Crippen LogP) is -0.864. The minimum absolute atomic E-state index is 0.0347. The standard InChI is InChI=1S/C14H17N3O4/c1-17-12(19)7-11(14(17)21)16-13(20)10(15)6-8-2-4-9(18)5-3-8/h2-5,10-11,18H,6-7,15H2,1H3,(H,16,20)/t10-,11?/m0/s1. The number of phenolic OH excluding ortho intramolecular Hbond substituents is 1. The van der Waals surface area contributed by atoms with Crippen molar-refractivity contribution in [3.8, 4) is 5.75 Å². The number of nitrogens with zero attached hydrogens (tertiary/aromatic N) is 1. The maximum atomic E-state index is 12.0. The van der Waals surface area contributed by atoms with E-state index in [9.17, 15) is 19.5 Å². The molecule has 4 N–H and O–H groups in total. The van der Waals surface area contributed by atoms with Crippen LogP contribution in [-0.2, 0) is 20.8 Å². The molecule has 1 saturated heterocycles. The molecule has 1 heterocycles. The van der Waals surface area contributed by atoms with Crippen molar-refractivity contribution < 1.29 is 19.5 Å². The number of amides is 3. The number of phenols is 1. The normalized spacial score (nSPS) is 19.7. The van der Waals surface area contributed by atoms with E-state index >= 15 is 0 Å². The van der Waals surface area contributed by atoms with Crippen LogP contribution < -0.4 is 11.1 Å². The monoisotopic (exact) mass is 291 g/mol. The van der Waals surface area contributed by atoms with Crippen LogP contribution >= 0.6 is 0 Å². The molecule has 1 unspecified atom stereocenters. The van der Waals surface area contributed by atoms with E-state index in [1.54, 1.807) is 12.1 Å². The molecule has 7 heteroatoms. The number of aromatic hydroxyl groups is 1. The summed E-state index contributed by atoms with van der Waals surface area (Å²) in [6.07, 6.45) is 0.240. The molecule has 0 radical (unpaired) electrons. The Labute approximate surface area is 121 Å². The van der Waals surface area contributed by atoms with Gasteiger partial charge >= 0.3 is 0 Å². The van der Waals surface area contributed by atoms with Crippen LogP contribution in [0.15, 0.2) is 24.3 Å². The Balaban J connectivity index is 1.92. The maximum Gasteiger partial charge on any atom is 0.252 e. The van der Waals surface area contributed by atoms with E-state index in [4.69, 9.17) is 5.73 Å². The third kappa shape index (κ3) is 3.38. The van der Waals surface area contributed by atoms with E-state index < -0.39 is 23.9 Å². The van der Waals surface area contributed by atoms with Gasteiger partial charge < -0.3 is 16.2 Å². The number of imide groups is 1. The highest BCUT2D eigenvalue weighted by molar-refractivity contribution is 6.06. The van der Waals surface area contributed by atoms with Crippen molar-refractivity contribution in [2.24, 2.45) is 5.73 Å². The fraction of sp³-hybridized carbons (Fsp3) is 0.357. The summed E-state index contributed by atoms with van der Waals surface area (Å²) in [5.41, 5.74) is 6.59. The van der Waals surface area contributed by atoms with E-state index in [0.717, 1.165) is 10.5 Å². The van der Waals surface area contributed by atoms with Crippen molar-refractivity contribution in [2.45, 2.75) is 24.9 Å². The molecule has 112 valence electrons. The molecule has 2 rings (SSSR count). The van der Waals surface area contributed by atoms with Crippen LogP contribution in [0.5, 0.6) is 5.75 Å². The molecule has 1 aliphatic heterocycles. The second kappa shape index (κ2) is 5.92. The fourth-order valence-corrected chi connectivity index (χ4v) is 2.13. The van der Waals surface area contributed by atoms with E-state index in [1.165, 1.54) is 19.2 Å². The van der Waals surface area contributed by atoms with Crippen LogP contribution in [0, 0.1) is 0 Å². The van der Waals surface area contributed by atoms with Gasteiger partial charge in [-0.2, -0.15) is 0 Å². The number of likely N-dealkylation sites (N-methyl/N-ethyl adjacent to an activating group) is 1. The molecular formula is C14H17N3O4. The molecular weight excluding hydrogens is 274 g/mol. The quantitative estimate of drug-likeness (QED) is 0.625. The Kier molecular flexibility index (Phi) is 4.23. The number of hydrogen-bond donors (Lipinski definition) is 3. The van der Waals surface area contributed by atoms with Crippen molar-refractivity contribution in [2.75, 3.05) is 7.05 Å². The van der Waals surface area contributed by atoms with Crippen LogP contribution in [0.3, 0.4) is 0 Å². The molecule has 2 atom stereocenters. The highest BCUT2D eigenvalue weighted by Gasteiger charge is 2.37. The lowest BCUT2D eigenvalue weighted by Crippen LogP contribution is -2.48. The van der Waals surface area contributed by atoms with Gasteiger partial charge in [0.2, 0.25) is 11.8 Å². The zero-order valence-electron chi connectivity index (χ0n) is 11.6. The van der Waals surface area contributed by atoms with E-state index in [-0.39, 0.29) is 24.5 Å². The summed E-state index contributed by atoms with van der Waals surface area (Å²) in [6, 6.07) is 4.69. The summed E-state index contributed by atoms with van der Waals surface area (Å²) in [5.74, 6) is -1.10. The summed E-state index contributed by atoms with van der Waals surface area (Å²) in [7, 11) is 1.38. The van der Waals surface area contributed by atoms with E-state index in [2.05, 4.69) is 5.32 Å². The van der Waals surface area contributed by atoms with Gasteiger partial charge in [-0.05, 0) is 24.1 Å². The number of nitrogens with one attached hydrogen (secondary N) is 1. The molecule has 1 fully saturated rings. The average molecular weight is 291 g/mol. The van der Waals surface area contributed by atoms with Crippen molar-refractivity contribution in [3.63, 3.8) is 0 Å². The fourth-order valence-electron chi connectivity index (χ4n) is 2.13. The Bertz CT molecular complexity index is 570. The van der Waals surface area contributed by atoms with Crippen LogP contribution in [0.4, 0.5) is 0 Å². The Morgan fingerprint density at radius 3 is 2.57 bits per heavy atom. The molecule has 3 amide bonds. The summed E-state index contributed by atoms with van der Waals surface area (Å²) in [4.78, 5) is 36.0. The van der Waals surface area contributed by atoms with Crippen molar-refractivity contribution in [3.05, 3.63) is 29.8 Å². The topological polar surface area (TPSA) is 113 Å². The van der Waals surface area contributed by atoms with Crippen LogP contribution in [-0.4, -0.2) is 46.9 Å². The van der Waals surface area contributed by atoms with Gasteiger partial charge in [0, 0.05) is 7.05 Å². The largest absolute Gasteiger partial charge is 0.508 e. The van der Waals surface area contributed by atoms with Crippen molar-refractivity contribution in [1.29, 1.82) is 0 Å². The molecule has 0 aromatic heterocycles. The summed E-state index contributed by atoms with van der Waals surface area (Å²) >= 11 is 0. The minimum atomic E-state index is -0.833. The van der Waals surface area contributed by atoms with Gasteiger partial charge in [-0.25, -0.2) is 0 Å². The van der Waals surface area contributed by atoms with E-state index in [0.29, 0.717) is 0 Å². The Hall–Kier alpha value is -2.41. The first-order valence-electron chi connectivity index (χ1n) is 6.52. The lowest BCUT2D eigenvalue weighted by molar-refractivity contribution is -0.138. The number of likely N-dealkylation sites (tertiary alicyclic amines) is 1. The van der Waals surface area contributed by atoms with Gasteiger partial charge in [0.1, 0.15) is 11.8 Å². The lowest BCUT2D eigenvalue weighted by Gasteiger charge is -2.15. The SMILES string of the molecule is CN1C(=O)CC(NC(=O)[C@@H](N)Cc2ccc(O)cc2)C1=O. The van der Waals surface area contributed by atoms with Crippen molar-refractivity contribution >= 4 is 17.7 Å². The number of benzene rings is 1. The molecule has 0 saturated carbocycles. The second-order valence-corrected chi connectivity index (χ2v) is 5.03. The first-order chi connectivity index (χ1) is 9.88. The van der Waals surface area contributed by atoms with Gasteiger partial charge in [0.15, 0.2) is 0 Å². The first kappa shape index (κ1) is 15.0. The van der Waals surface area contributed by atoms with Gasteiger partial charge in [0.25, 0.3) is 5.91 Å². The van der Waals surface area contributed by atoms with Gasteiger partial charge in [-0.3, -0.25) is 19.3 Å². The highest BCUT2D eigenvalue weighted by atomic mass is 16.3. The van der Waals surface area contributed by atoms with E-state index in [1.807, 2.05) is 0 Å². The second-order valence-electron chi connectivity index (χ2n) is 5.03. The van der Waals surface area contributed by atoms with Gasteiger partial charge in [-0.15, -0.1) is 0 Å². The Morgan fingerprint density at radius 1 is 1.43 bits per heavy atom. The number of rotatable bonds is 4. The molecule has 0 bridgehead atoms. The maximum absolute atomic E-state index is 12.0. The third-order valence-electron chi connectivity index (χ3n) is 3.43. The van der Waals surface area contributed by atoms with Crippen molar-refractivity contribution in [1.82, 2.24) is 10.2 Å². The summed E-state index contributed by atoms with van der Waals surface area (Å²) < 4.78 is 0. The number of nitrogens with two attached hydrogens (primary N) is 1. The molecule has 7 nitrogen and oxygen atoms in total. The minimum Gasteiger partial charge on any atom is -0.508 e. The molecule has 1 aromatic rings. The molecule has 1 aliphatic rings. The summed E-state index contributed by atoms with van der Waals surface area (Å²) in [6.45, 7) is 0. The number of carbonyl (C=O) groups is 3. The average Bonchev–Trinajstić information content (AvgIpc) is 2.69. The Morgan fingerprint density at radius 2 is 2.05 bits per heavy atom. The number of hydrogen-bond acceptors (Lipinski definition) is 5. The first-order valence-corrected chi connectivity index (χ1v) is 6.52. The van der Waals surface area contributed by atoms with Crippen LogP contribution in [0.25, 0.3) is 0 Å².